The first-order chi connectivity index (χ1) is 11.8. The summed E-state index contributed by atoms with van der Waals surface area (Å²) in [6.07, 6.45) is 3.68. The Hall–Kier alpha value is -2.22. The number of aromatic amines is 1. The van der Waals surface area contributed by atoms with Crippen LogP contribution in [0.2, 0.25) is 0 Å². The predicted molar refractivity (Wildman–Crippen MR) is 96.5 cm³/mol. The smallest absolute Gasteiger partial charge is 0.343 e. The molecule has 8 heteroatoms. The predicted octanol–water partition coefficient (Wildman–Crippen LogP) is 2.85. The van der Waals surface area contributed by atoms with E-state index in [-0.39, 0.29) is 16.3 Å². The SMILES string of the molecule is C=C(C)C(=O)OCCCCCCn1c(CC)c(C(=O)O)c(=O)[nH]c1=S. The fourth-order valence-corrected chi connectivity index (χ4v) is 2.75. The van der Waals surface area contributed by atoms with E-state index in [0.717, 1.165) is 25.7 Å². The summed E-state index contributed by atoms with van der Waals surface area (Å²) < 4.78 is 6.93. The monoisotopic (exact) mass is 368 g/mol. The van der Waals surface area contributed by atoms with Crippen LogP contribution in [0, 0.1) is 4.77 Å². The lowest BCUT2D eigenvalue weighted by Crippen LogP contribution is -2.26. The Morgan fingerprint density at radius 1 is 1.28 bits per heavy atom. The van der Waals surface area contributed by atoms with Crippen LogP contribution in [0.15, 0.2) is 16.9 Å². The van der Waals surface area contributed by atoms with E-state index in [1.54, 1.807) is 18.4 Å². The Morgan fingerprint density at radius 3 is 2.48 bits per heavy atom. The van der Waals surface area contributed by atoms with Crippen molar-refractivity contribution in [2.45, 2.75) is 52.5 Å². The van der Waals surface area contributed by atoms with E-state index in [2.05, 4.69) is 11.6 Å². The van der Waals surface area contributed by atoms with Gasteiger partial charge in [0.1, 0.15) is 5.56 Å². The molecule has 2 N–H and O–H groups in total. The maximum absolute atomic E-state index is 11.8. The molecule has 0 saturated carbocycles. The van der Waals surface area contributed by atoms with Gasteiger partial charge in [-0.05, 0) is 44.8 Å². The molecule has 0 radical (unpaired) electrons. The second-order valence-corrected chi connectivity index (χ2v) is 6.11. The summed E-state index contributed by atoms with van der Waals surface area (Å²) in [5.41, 5.74) is -0.0850. The Balaban J connectivity index is 2.58. The number of carboxylic acids is 1. The molecule has 1 rings (SSSR count). The number of nitrogens with zero attached hydrogens (tertiary/aromatic N) is 1. The van der Waals surface area contributed by atoms with Gasteiger partial charge in [0.25, 0.3) is 5.56 Å². The third-order valence-electron chi connectivity index (χ3n) is 3.71. The molecule has 0 fully saturated rings. The highest BCUT2D eigenvalue weighted by atomic mass is 32.1. The molecule has 0 aliphatic carbocycles. The lowest BCUT2D eigenvalue weighted by molar-refractivity contribution is -0.139. The van der Waals surface area contributed by atoms with Gasteiger partial charge in [0.05, 0.1) is 6.61 Å². The number of H-pyrrole nitrogens is 1. The van der Waals surface area contributed by atoms with Crippen LogP contribution in [0.3, 0.4) is 0 Å². The van der Waals surface area contributed by atoms with E-state index in [9.17, 15) is 19.5 Å². The number of carbonyl (C=O) groups is 2. The Labute approximate surface area is 151 Å². The molecule has 0 spiro atoms. The molecule has 25 heavy (non-hydrogen) atoms. The van der Waals surface area contributed by atoms with Gasteiger partial charge in [0.15, 0.2) is 4.77 Å². The van der Waals surface area contributed by atoms with E-state index in [1.165, 1.54) is 0 Å². The molecule has 1 aromatic rings. The molecule has 1 heterocycles. The number of carboxylic acid groups (broad SMARTS) is 1. The van der Waals surface area contributed by atoms with Crippen LogP contribution in [0.1, 0.15) is 55.6 Å². The molecule has 0 aliphatic rings. The quantitative estimate of drug-likeness (QED) is 0.285. The number of ether oxygens (including phenoxy) is 1. The van der Waals surface area contributed by atoms with E-state index < -0.39 is 11.5 Å². The fourth-order valence-electron chi connectivity index (χ4n) is 2.45. The largest absolute Gasteiger partial charge is 0.477 e. The van der Waals surface area contributed by atoms with Crippen molar-refractivity contribution in [2.75, 3.05) is 6.61 Å². The molecule has 0 bridgehead atoms. The van der Waals surface area contributed by atoms with Crippen LogP contribution < -0.4 is 5.56 Å². The summed E-state index contributed by atoms with van der Waals surface area (Å²) in [7, 11) is 0. The second-order valence-electron chi connectivity index (χ2n) is 5.72. The minimum Gasteiger partial charge on any atom is -0.477 e. The highest BCUT2D eigenvalue weighted by Gasteiger charge is 2.17. The zero-order valence-corrected chi connectivity index (χ0v) is 15.4. The van der Waals surface area contributed by atoms with Gasteiger partial charge in [0, 0.05) is 17.8 Å². The summed E-state index contributed by atoms with van der Waals surface area (Å²) in [4.78, 5) is 36.8. The molecule has 0 atom stereocenters. The van der Waals surface area contributed by atoms with E-state index in [4.69, 9.17) is 17.0 Å². The number of aromatic nitrogens is 2. The van der Waals surface area contributed by atoms with Crippen LogP contribution in [-0.2, 0) is 22.5 Å². The first-order valence-corrected chi connectivity index (χ1v) is 8.62. The number of esters is 1. The number of aromatic carboxylic acids is 1. The van der Waals surface area contributed by atoms with Crippen molar-refractivity contribution in [3.63, 3.8) is 0 Å². The van der Waals surface area contributed by atoms with Crippen LogP contribution in [0.5, 0.6) is 0 Å². The fraction of sp³-hybridized carbons (Fsp3) is 0.529. The number of hydrogen-bond acceptors (Lipinski definition) is 5. The number of rotatable bonds is 10. The summed E-state index contributed by atoms with van der Waals surface area (Å²) in [5, 5.41) is 9.23. The molecule has 0 unspecified atom stereocenters. The molecular formula is C17H24N2O5S. The third kappa shape index (κ3) is 5.97. The Morgan fingerprint density at radius 2 is 1.92 bits per heavy atom. The van der Waals surface area contributed by atoms with Crippen LogP contribution in [0.4, 0.5) is 0 Å². The minimum atomic E-state index is -1.25. The molecule has 0 aromatic carbocycles. The summed E-state index contributed by atoms with van der Waals surface area (Å²) >= 11 is 5.16. The Kier molecular flexibility index (Phi) is 8.27. The highest BCUT2D eigenvalue weighted by Crippen LogP contribution is 2.10. The van der Waals surface area contributed by atoms with Crippen molar-refractivity contribution >= 4 is 24.2 Å². The normalized spacial score (nSPS) is 10.5. The second kappa shape index (κ2) is 9.93. The number of unbranched alkanes of at least 4 members (excludes halogenated alkanes) is 3. The number of hydrogen-bond donors (Lipinski definition) is 2. The summed E-state index contributed by atoms with van der Waals surface area (Å²) in [5.74, 6) is -1.63. The molecule has 0 amide bonds. The molecule has 7 nitrogen and oxygen atoms in total. The van der Waals surface area contributed by atoms with Crippen molar-refractivity contribution in [2.24, 2.45) is 0 Å². The van der Waals surface area contributed by atoms with Crippen molar-refractivity contribution in [3.05, 3.63) is 38.5 Å². The third-order valence-corrected chi connectivity index (χ3v) is 4.04. The number of carbonyl (C=O) groups excluding carboxylic acids is 1. The van der Waals surface area contributed by atoms with Gasteiger partial charge < -0.3 is 14.4 Å². The molecule has 1 aromatic heterocycles. The van der Waals surface area contributed by atoms with Crippen LogP contribution in [-0.4, -0.2) is 33.2 Å². The average Bonchev–Trinajstić information content (AvgIpc) is 2.53. The molecule has 0 saturated heterocycles. The van der Waals surface area contributed by atoms with Crippen LogP contribution >= 0.6 is 12.2 Å². The zero-order chi connectivity index (χ0) is 19.0. The molecule has 0 aliphatic heterocycles. The van der Waals surface area contributed by atoms with Gasteiger partial charge in [-0.3, -0.25) is 9.78 Å². The van der Waals surface area contributed by atoms with Gasteiger partial charge in [-0.15, -0.1) is 0 Å². The first-order valence-electron chi connectivity index (χ1n) is 8.21. The standard InChI is InChI=1S/C17H24N2O5S/c1-4-12-13(15(21)22)14(20)18-17(25)19(12)9-7-5-6-8-10-24-16(23)11(2)3/h2,4-10H2,1,3H3,(H,21,22)(H,18,20,25). The van der Waals surface area contributed by atoms with Crippen molar-refractivity contribution in [1.82, 2.24) is 9.55 Å². The summed E-state index contributed by atoms with van der Waals surface area (Å²) in [6.45, 7) is 7.80. The zero-order valence-electron chi connectivity index (χ0n) is 14.6. The van der Waals surface area contributed by atoms with Gasteiger partial charge >= 0.3 is 11.9 Å². The lowest BCUT2D eigenvalue weighted by Gasteiger charge is -2.14. The number of nitrogens with one attached hydrogen (secondary N) is 1. The van der Waals surface area contributed by atoms with Crippen molar-refractivity contribution in [3.8, 4) is 0 Å². The van der Waals surface area contributed by atoms with E-state index in [1.807, 2.05) is 0 Å². The van der Waals surface area contributed by atoms with Gasteiger partial charge in [0.2, 0.25) is 0 Å². The Bertz CT molecular complexity index is 763. The lowest BCUT2D eigenvalue weighted by atomic mass is 10.1. The maximum atomic E-state index is 11.8. The van der Waals surface area contributed by atoms with Crippen molar-refractivity contribution in [1.29, 1.82) is 0 Å². The highest BCUT2D eigenvalue weighted by molar-refractivity contribution is 7.71. The van der Waals surface area contributed by atoms with E-state index >= 15 is 0 Å². The van der Waals surface area contributed by atoms with Crippen LogP contribution in [0.25, 0.3) is 0 Å². The molecular weight excluding hydrogens is 344 g/mol. The van der Waals surface area contributed by atoms with Gasteiger partial charge in [-0.2, -0.15) is 0 Å². The van der Waals surface area contributed by atoms with Gasteiger partial charge in [-0.1, -0.05) is 19.9 Å². The first kappa shape index (κ1) is 20.8. The molecule has 138 valence electrons. The van der Waals surface area contributed by atoms with E-state index in [0.29, 0.717) is 30.8 Å². The topological polar surface area (TPSA) is 101 Å². The van der Waals surface area contributed by atoms with Gasteiger partial charge in [-0.25, -0.2) is 9.59 Å². The summed E-state index contributed by atoms with van der Waals surface area (Å²) in [6, 6.07) is 0. The maximum Gasteiger partial charge on any atom is 0.343 e. The average molecular weight is 368 g/mol. The van der Waals surface area contributed by atoms with Crippen molar-refractivity contribution < 1.29 is 19.4 Å². The minimum absolute atomic E-state index is 0.238.